The number of amides is 1. The number of aromatic hydroxyl groups is 1. The lowest BCUT2D eigenvalue weighted by Crippen LogP contribution is -2.13. The van der Waals surface area contributed by atoms with Crippen LogP contribution < -0.4 is 5.32 Å². The van der Waals surface area contributed by atoms with Crippen molar-refractivity contribution in [3.05, 3.63) is 70.3 Å². The van der Waals surface area contributed by atoms with E-state index in [1.807, 2.05) is 0 Å². The molecule has 8 nitrogen and oxygen atoms in total. The molecule has 0 aliphatic carbocycles. The minimum absolute atomic E-state index is 0.134. The summed E-state index contributed by atoms with van der Waals surface area (Å²) in [4.78, 5) is 21.7. The Balaban J connectivity index is 2.01. The van der Waals surface area contributed by atoms with Crippen LogP contribution in [-0.4, -0.2) is 24.4 Å². The molecule has 0 fully saturated rings. The van der Waals surface area contributed by atoms with Crippen LogP contribution in [0.25, 0.3) is 10.8 Å². The quantitative estimate of drug-likeness (QED) is 0.399. The van der Waals surface area contributed by atoms with Crippen LogP contribution in [0.15, 0.2) is 59.5 Å². The zero-order chi connectivity index (χ0) is 19.8. The second-order valence-electron chi connectivity index (χ2n) is 5.51. The number of fused-ring (bicyclic) bond motifs is 1. The number of phenols is 1. The molecule has 27 heavy (non-hydrogen) atoms. The first-order valence-electron chi connectivity index (χ1n) is 7.43. The van der Waals surface area contributed by atoms with Gasteiger partial charge < -0.3 is 10.4 Å². The average molecular weight is 390 g/mol. The lowest BCUT2D eigenvalue weighted by Gasteiger charge is -2.10. The van der Waals surface area contributed by atoms with E-state index in [1.165, 1.54) is 6.07 Å². The monoisotopic (exact) mass is 390 g/mol. The van der Waals surface area contributed by atoms with Crippen LogP contribution in [0.4, 0.5) is 15.3 Å². The standard InChI is InChI=1S/C17H11FN2O6S/c18-27(25,26)11-6-8-14(15(9-11)20(23)24)19-17(22)13-7-5-10-3-1-2-4-12(10)16(13)21/h1-9,21H,(H,19,22). The van der Waals surface area contributed by atoms with Crippen molar-refractivity contribution in [1.82, 2.24) is 0 Å². The van der Waals surface area contributed by atoms with Crippen molar-refractivity contribution in [3.63, 3.8) is 0 Å². The largest absolute Gasteiger partial charge is 0.506 e. The van der Waals surface area contributed by atoms with Crippen LogP contribution in [0.3, 0.4) is 0 Å². The molecule has 3 aromatic rings. The average Bonchev–Trinajstić information content (AvgIpc) is 2.61. The molecule has 0 heterocycles. The van der Waals surface area contributed by atoms with Crippen molar-refractivity contribution in [2.45, 2.75) is 4.90 Å². The molecule has 0 saturated carbocycles. The number of phenolic OH excluding ortho intramolecular Hbond substituents is 1. The van der Waals surface area contributed by atoms with E-state index >= 15 is 0 Å². The molecular formula is C17H11FN2O6S. The molecule has 0 atom stereocenters. The van der Waals surface area contributed by atoms with Crippen molar-refractivity contribution in [2.75, 3.05) is 5.32 Å². The van der Waals surface area contributed by atoms with Crippen LogP contribution in [-0.2, 0) is 10.2 Å². The van der Waals surface area contributed by atoms with Gasteiger partial charge in [-0.15, -0.1) is 3.89 Å². The number of nitro benzene ring substituents is 1. The summed E-state index contributed by atoms with van der Waals surface area (Å²) in [6.07, 6.45) is 0. The molecule has 0 unspecified atom stereocenters. The Morgan fingerprint density at radius 2 is 1.81 bits per heavy atom. The molecular weight excluding hydrogens is 379 g/mol. The van der Waals surface area contributed by atoms with Gasteiger partial charge >= 0.3 is 10.2 Å². The molecule has 0 spiro atoms. The van der Waals surface area contributed by atoms with Crippen LogP contribution >= 0.6 is 0 Å². The van der Waals surface area contributed by atoms with Gasteiger partial charge in [0.05, 0.1) is 10.5 Å². The van der Waals surface area contributed by atoms with E-state index in [1.54, 1.807) is 30.3 Å². The third-order valence-electron chi connectivity index (χ3n) is 3.84. The highest BCUT2D eigenvalue weighted by molar-refractivity contribution is 7.86. The van der Waals surface area contributed by atoms with Gasteiger partial charge in [-0.1, -0.05) is 30.3 Å². The van der Waals surface area contributed by atoms with Crippen LogP contribution in [0.5, 0.6) is 5.75 Å². The minimum atomic E-state index is -5.14. The number of nitro groups is 1. The Morgan fingerprint density at radius 1 is 1.11 bits per heavy atom. The molecule has 0 radical (unpaired) electrons. The van der Waals surface area contributed by atoms with Gasteiger partial charge in [-0.25, -0.2) is 0 Å². The van der Waals surface area contributed by atoms with Crippen LogP contribution in [0.2, 0.25) is 0 Å². The Kier molecular flexibility index (Phi) is 4.50. The Bertz CT molecular complexity index is 1190. The van der Waals surface area contributed by atoms with Gasteiger partial charge in [0.15, 0.2) is 0 Å². The molecule has 2 N–H and O–H groups in total. The van der Waals surface area contributed by atoms with Gasteiger partial charge in [0.25, 0.3) is 11.6 Å². The third-order valence-corrected chi connectivity index (χ3v) is 4.66. The summed E-state index contributed by atoms with van der Waals surface area (Å²) < 4.78 is 34.9. The molecule has 0 aliphatic rings. The van der Waals surface area contributed by atoms with Gasteiger partial charge in [-0.2, -0.15) is 8.42 Å². The number of hydrogen-bond donors (Lipinski definition) is 2. The van der Waals surface area contributed by atoms with Crippen molar-refractivity contribution in [2.24, 2.45) is 0 Å². The maximum Gasteiger partial charge on any atom is 0.332 e. The molecule has 138 valence electrons. The summed E-state index contributed by atoms with van der Waals surface area (Å²) in [6.45, 7) is 0. The van der Waals surface area contributed by atoms with Crippen molar-refractivity contribution in [3.8, 4) is 5.75 Å². The normalized spacial score (nSPS) is 11.3. The van der Waals surface area contributed by atoms with Crippen LogP contribution in [0, 0.1) is 10.1 Å². The first-order chi connectivity index (χ1) is 12.7. The summed E-state index contributed by atoms with van der Waals surface area (Å²) in [5.74, 6) is -1.16. The summed E-state index contributed by atoms with van der Waals surface area (Å²) >= 11 is 0. The van der Waals surface area contributed by atoms with Gasteiger partial charge in [0.1, 0.15) is 16.3 Å². The van der Waals surface area contributed by atoms with E-state index in [0.29, 0.717) is 16.8 Å². The zero-order valence-electron chi connectivity index (χ0n) is 13.4. The van der Waals surface area contributed by atoms with Crippen molar-refractivity contribution < 1.29 is 27.1 Å². The maximum absolute atomic E-state index is 13.1. The lowest BCUT2D eigenvalue weighted by atomic mass is 10.0. The van der Waals surface area contributed by atoms with Crippen LogP contribution in [0.1, 0.15) is 10.4 Å². The molecule has 0 aromatic heterocycles. The second-order valence-corrected chi connectivity index (χ2v) is 6.86. The predicted molar refractivity (Wildman–Crippen MR) is 95.0 cm³/mol. The molecule has 0 bridgehead atoms. The predicted octanol–water partition coefficient (Wildman–Crippen LogP) is 3.36. The van der Waals surface area contributed by atoms with Gasteiger partial charge in [-0.05, 0) is 23.6 Å². The van der Waals surface area contributed by atoms with E-state index in [-0.39, 0.29) is 17.0 Å². The molecule has 3 aromatic carbocycles. The highest BCUT2D eigenvalue weighted by Crippen LogP contribution is 2.32. The number of benzene rings is 3. The maximum atomic E-state index is 13.1. The van der Waals surface area contributed by atoms with E-state index < -0.39 is 31.6 Å². The number of halogens is 1. The second kappa shape index (κ2) is 6.65. The van der Waals surface area contributed by atoms with E-state index in [2.05, 4.69) is 5.32 Å². The van der Waals surface area contributed by atoms with Gasteiger partial charge in [0, 0.05) is 11.5 Å². The summed E-state index contributed by atoms with van der Waals surface area (Å²) in [7, 11) is -5.14. The Morgan fingerprint density at radius 3 is 2.48 bits per heavy atom. The lowest BCUT2D eigenvalue weighted by molar-refractivity contribution is -0.384. The molecule has 0 saturated heterocycles. The first kappa shape index (κ1) is 18.3. The number of carbonyl (C=O) groups is 1. The van der Waals surface area contributed by atoms with E-state index in [0.717, 1.165) is 12.1 Å². The van der Waals surface area contributed by atoms with E-state index in [9.17, 15) is 32.3 Å². The summed E-state index contributed by atoms with van der Waals surface area (Å²) in [5, 5.41) is 24.8. The zero-order valence-corrected chi connectivity index (χ0v) is 14.2. The highest BCUT2D eigenvalue weighted by Gasteiger charge is 2.23. The number of nitrogens with zero attached hydrogens (tertiary/aromatic N) is 1. The minimum Gasteiger partial charge on any atom is -0.506 e. The number of nitrogens with one attached hydrogen (secondary N) is 1. The fraction of sp³-hybridized carbons (Fsp3) is 0. The van der Waals surface area contributed by atoms with Crippen molar-refractivity contribution >= 4 is 38.3 Å². The summed E-state index contributed by atoms with van der Waals surface area (Å²) in [6, 6.07) is 11.9. The number of hydrogen-bond acceptors (Lipinski definition) is 6. The topological polar surface area (TPSA) is 127 Å². The molecule has 10 heteroatoms. The third kappa shape index (κ3) is 3.55. The van der Waals surface area contributed by atoms with E-state index in [4.69, 9.17) is 0 Å². The fourth-order valence-electron chi connectivity index (χ4n) is 2.55. The highest BCUT2D eigenvalue weighted by atomic mass is 32.3. The van der Waals surface area contributed by atoms with Crippen molar-refractivity contribution in [1.29, 1.82) is 0 Å². The Labute approximate surface area is 152 Å². The van der Waals surface area contributed by atoms with Gasteiger partial charge in [0.2, 0.25) is 0 Å². The SMILES string of the molecule is O=C(Nc1ccc(S(=O)(=O)F)cc1[N+](=O)[O-])c1ccc2ccccc2c1O. The molecule has 0 aliphatic heterocycles. The smallest absolute Gasteiger partial charge is 0.332 e. The number of carbonyl (C=O) groups excluding carboxylic acids is 1. The first-order valence-corrected chi connectivity index (χ1v) is 8.82. The Hall–Kier alpha value is -3.53. The molecule has 1 amide bonds. The number of rotatable bonds is 4. The molecule has 3 rings (SSSR count). The number of anilines is 1. The summed E-state index contributed by atoms with van der Waals surface area (Å²) in [5.41, 5.74) is -1.28. The fourth-order valence-corrected chi connectivity index (χ4v) is 3.03. The van der Waals surface area contributed by atoms with Gasteiger partial charge in [-0.3, -0.25) is 14.9 Å².